The molecule has 18 heavy (non-hydrogen) atoms. The van der Waals surface area contributed by atoms with E-state index in [4.69, 9.17) is 5.21 Å². The van der Waals surface area contributed by atoms with E-state index in [1.54, 1.807) is 4.90 Å². The molecule has 96 valence electrons. The summed E-state index contributed by atoms with van der Waals surface area (Å²) in [5.74, 6) is 0. The molecule has 5 heteroatoms. The van der Waals surface area contributed by atoms with Crippen LogP contribution in [0.1, 0.15) is 18.4 Å². The van der Waals surface area contributed by atoms with Crippen molar-refractivity contribution in [1.82, 2.24) is 4.90 Å². The van der Waals surface area contributed by atoms with Gasteiger partial charge >= 0.3 is 6.03 Å². The average Bonchev–Trinajstić information content (AvgIpc) is 2.41. The zero-order valence-corrected chi connectivity index (χ0v) is 10.4. The molecule has 0 aliphatic carbocycles. The lowest BCUT2D eigenvalue weighted by Gasteiger charge is -2.27. The SMILES string of the molecule is Cc1ccc(NC(=O)N2CCC(=NO)CC2)cc1. The van der Waals surface area contributed by atoms with Crippen LogP contribution in [0.5, 0.6) is 0 Å². The maximum absolute atomic E-state index is 12.0. The van der Waals surface area contributed by atoms with Gasteiger partial charge in [0, 0.05) is 31.6 Å². The van der Waals surface area contributed by atoms with E-state index in [9.17, 15) is 4.79 Å². The van der Waals surface area contributed by atoms with Gasteiger partial charge < -0.3 is 15.4 Å². The molecule has 2 N–H and O–H groups in total. The van der Waals surface area contributed by atoms with Gasteiger partial charge in [-0.15, -0.1) is 0 Å². The molecule has 0 unspecified atom stereocenters. The summed E-state index contributed by atoms with van der Waals surface area (Å²) in [5.41, 5.74) is 2.72. The van der Waals surface area contributed by atoms with E-state index < -0.39 is 0 Å². The van der Waals surface area contributed by atoms with Crippen molar-refractivity contribution in [1.29, 1.82) is 0 Å². The number of carbonyl (C=O) groups is 1. The van der Waals surface area contributed by atoms with Crippen LogP contribution >= 0.6 is 0 Å². The highest BCUT2D eigenvalue weighted by Crippen LogP contribution is 2.12. The van der Waals surface area contributed by atoms with Crippen LogP contribution in [0.3, 0.4) is 0 Å². The third-order valence-corrected chi connectivity index (χ3v) is 3.07. The molecule has 0 atom stereocenters. The first kappa shape index (κ1) is 12.4. The molecule has 5 nitrogen and oxygen atoms in total. The molecule has 1 heterocycles. The van der Waals surface area contributed by atoms with Gasteiger partial charge in [-0.2, -0.15) is 0 Å². The van der Waals surface area contributed by atoms with Crippen LogP contribution in [0.2, 0.25) is 0 Å². The van der Waals surface area contributed by atoms with Gasteiger partial charge in [-0.3, -0.25) is 0 Å². The Balaban J connectivity index is 1.91. The number of urea groups is 1. The number of amides is 2. The topological polar surface area (TPSA) is 64.9 Å². The third kappa shape index (κ3) is 3.00. The number of nitrogens with one attached hydrogen (secondary N) is 1. The summed E-state index contributed by atoms with van der Waals surface area (Å²) in [6, 6.07) is 7.59. The predicted molar refractivity (Wildman–Crippen MR) is 70.2 cm³/mol. The first-order valence-corrected chi connectivity index (χ1v) is 6.01. The Hall–Kier alpha value is -2.04. The molecule has 0 radical (unpaired) electrons. The summed E-state index contributed by atoms with van der Waals surface area (Å²) < 4.78 is 0. The Bertz CT molecular complexity index is 444. The number of rotatable bonds is 1. The van der Waals surface area contributed by atoms with Crippen LogP contribution in [0.15, 0.2) is 29.4 Å². The summed E-state index contributed by atoms with van der Waals surface area (Å²) in [6.45, 7) is 3.19. The van der Waals surface area contributed by atoms with Gasteiger partial charge in [0.1, 0.15) is 0 Å². The molecular weight excluding hydrogens is 230 g/mol. The van der Waals surface area contributed by atoms with E-state index in [-0.39, 0.29) is 6.03 Å². The van der Waals surface area contributed by atoms with Crippen molar-refractivity contribution in [2.24, 2.45) is 5.16 Å². The Labute approximate surface area is 106 Å². The summed E-state index contributed by atoms with van der Waals surface area (Å²) in [5, 5.41) is 14.7. The molecule has 1 aliphatic rings. The number of hydrogen-bond donors (Lipinski definition) is 2. The highest BCUT2D eigenvalue weighted by molar-refractivity contribution is 5.92. The van der Waals surface area contributed by atoms with Crippen LogP contribution in [0.25, 0.3) is 0 Å². The van der Waals surface area contributed by atoms with E-state index in [1.807, 2.05) is 31.2 Å². The highest BCUT2D eigenvalue weighted by Gasteiger charge is 2.19. The molecule has 2 amide bonds. The van der Waals surface area contributed by atoms with E-state index >= 15 is 0 Å². The van der Waals surface area contributed by atoms with Crippen LogP contribution in [-0.2, 0) is 0 Å². The Morgan fingerprint density at radius 1 is 1.28 bits per heavy atom. The van der Waals surface area contributed by atoms with Gasteiger partial charge in [0.05, 0.1) is 5.71 Å². The number of likely N-dealkylation sites (tertiary alicyclic amines) is 1. The minimum atomic E-state index is -0.101. The highest BCUT2D eigenvalue weighted by atomic mass is 16.4. The standard InChI is InChI=1S/C13H17N3O2/c1-10-2-4-11(5-3-10)14-13(17)16-8-6-12(15-18)7-9-16/h2-5,18H,6-9H2,1H3,(H,14,17). The number of oxime groups is 1. The van der Waals surface area contributed by atoms with Gasteiger partial charge in [0.15, 0.2) is 0 Å². The van der Waals surface area contributed by atoms with Crippen molar-refractivity contribution in [2.45, 2.75) is 19.8 Å². The molecule has 2 rings (SSSR count). The number of anilines is 1. The lowest BCUT2D eigenvalue weighted by Crippen LogP contribution is -2.41. The molecule has 0 saturated carbocycles. The fourth-order valence-corrected chi connectivity index (χ4v) is 1.91. The maximum atomic E-state index is 12.0. The van der Waals surface area contributed by atoms with Crippen molar-refractivity contribution >= 4 is 17.4 Å². The predicted octanol–water partition coefficient (Wildman–Crippen LogP) is 2.45. The molecule has 0 bridgehead atoms. The first-order chi connectivity index (χ1) is 8.69. The van der Waals surface area contributed by atoms with Crippen molar-refractivity contribution < 1.29 is 10.0 Å². The quantitative estimate of drug-likeness (QED) is 0.591. The Kier molecular flexibility index (Phi) is 3.82. The first-order valence-electron chi connectivity index (χ1n) is 6.01. The smallest absolute Gasteiger partial charge is 0.321 e. The van der Waals surface area contributed by atoms with Gasteiger partial charge in [-0.05, 0) is 19.1 Å². The Morgan fingerprint density at radius 2 is 1.89 bits per heavy atom. The van der Waals surface area contributed by atoms with Crippen LogP contribution in [0.4, 0.5) is 10.5 Å². The third-order valence-electron chi connectivity index (χ3n) is 3.07. The fraction of sp³-hybridized carbons (Fsp3) is 0.385. The normalized spacial score (nSPS) is 15.4. The number of aryl methyl sites for hydroxylation is 1. The minimum absolute atomic E-state index is 0.101. The van der Waals surface area contributed by atoms with Crippen molar-refractivity contribution in [2.75, 3.05) is 18.4 Å². The van der Waals surface area contributed by atoms with Gasteiger partial charge in [-0.25, -0.2) is 4.79 Å². The summed E-state index contributed by atoms with van der Waals surface area (Å²) in [7, 11) is 0. The molecule has 1 aromatic rings. The number of hydrogen-bond acceptors (Lipinski definition) is 3. The monoisotopic (exact) mass is 247 g/mol. The molecule has 1 aliphatic heterocycles. The molecule has 1 aromatic carbocycles. The summed E-state index contributed by atoms with van der Waals surface area (Å²) in [4.78, 5) is 13.7. The van der Waals surface area contributed by atoms with Crippen molar-refractivity contribution in [3.63, 3.8) is 0 Å². The Morgan fingerprint density at radius 3 is 2.44 bits per heavy atom. The molecular formula is C13H17N3O2. The summed E-state index contributed by atoms with van der Waals surface area (Å²) in [6.07, 6.45) is 1.27. The number of nitrogens with zero attached hydrogens (tertiary/aromatic N) is 2. The zero-order chi connectivity index (χ0) is 13.0. The second kappa shape index (κ2) is 5.53. The van der Waals surface area contributed by atoms with E-state index in [2.05, 4.69) is 10.5 Å². The second-order valence-electron chi connectivity index (χ2n) is 4.45. The largest absolute Gasteiger partial charge is 0.411 e. The number of carbonyl (C=O) groups excluding carboxylic acids is 1. The van der Waals surface area contributed by atoms with E-state index in [0.717, 1.165) is 17.0 Å². The molecule has 1 fully saturated rings. The minimum Gasteiger partial charge on any atom is -0.411 e. The maximum Gasteiger partial charge on any atom is 0.321 e. The lowest BCUT2D eigenvalue weighted by atomic mass is 10.1. The average molecular weight is 247 g/mol. The van der Waals surface area contributed by atoms with E-state index in [0.29, 0.717) is 25.9 Å². The van der Waals surface area contributed by atoms with Crippen LogP contribution in [0, 0.1) is 6.92 Å². The molecule has 0 aromatic heterocycles. The summed E-state index contributed by atoms with van der Waals surface area (Å²) >= 11 is 0. The van der Waals surface area contributed by atoms with Crippen LogP contribution in [-0.4, -0.2) is 34.9 Å². The lowest BCUT2D eigenvalue weighted by molar-refractivity contribution is 0.210. The van der Waals surface area contributed by atoms with Gasteiger partial charge in [0.2, 0.25) is 0 Å². The van der Waals surface area contributed by atoms with Crippen LogP contribution < -0.4 is 5.32 Å². The van der Waals surface area contributed by atoms with Gasteiger partial charge in [-0.1, -0.05) is 22.9 Å². The second-order valence-corrected chi connectivity index (χ2v) is 4.45. The molecule has 1 saturated heterocycles. The number of piperidine rings is 1. The zero-order valence-electron chi connectivity index (χ0n) is 10.4. The fourth-order valence-electron chi connectivity index (χ4n) is 1.91. The van der Waals surface area contributed by atoms with Crippen molar-refractivity contribution in [3.05, 3.63) is 29.8 Å². The molecule has 0 spiro atoms. The van der Waals surface area contributed by atoms with E-state index in [1.165, 1.54) is 0 Å². The number of benzene rings is 1. The van der Waals surface area contributed by atoms with Gasteiger partial charge in [0.25, 0.3) is 0 Å². The van der Waals surface area contributed by atoms with Crippen molar-refractivity contribution in [3.8, 4) is 0 Å².